The number of hydrogen-bond donors (Lipinski definition) is 2. The molecule has 0 spiro atoms. The van der Waals surface area contributed by atoms with Crippen LogP contribution in [0, 0.1) is 10.1 Å². The second kappa shape index (κ2) is 8.33. The molecule has 24 heavy (non-hydrogen) atoms. The Balaban J connectivity index is 1.79. The molecule has 0 aliphatic carbocycles. The molecule has 7 nitrogen and oxygen atoms in total. The molecule has 1 amide bonds. The van der Waals surface area contributed by atoms with Gasteiger partial charge in [-0.25, -0.2) is 4.79 Å². The maximum absolute atomic E-state index is 11.5. The highest BCUT2D eigenvalue weighted by Gasteiger charge is 2.12. The summed E-state index contributed by atoms with van der Waals surface area (Å²) in [6.45, 7) is 0.392. The standard InChI is InChI=1S/C17H16N2O5/c20-16-9-8-13(11-15(16)19(22)23)7-4-10-18-17(21)24-12-14-5-2-1-3-6-14/h1-9,11,20H,10,12H2,(H,18,21). The predicted molar refractivity (Wildman–Crippen MR) is 88.4 cm³/mol. The molecule has 0 aromatic heterocycles. The molecule has 0 saturated carbocycles. The predicted octanol–water partition coefficient (Wildman–Crippen LogP) is 3.24. The normalized spacial score (nSPS) is 10.5. The van der Waals surface area contributed by atoms with Gasteiger partial charge in [0.25, 0.3) is 0 Å². The van der Waals surface area contributed by atoms with E-state index in [4.69, 9.17) is 4.74 Å². The molecule has 2 N–H and O–H groups in total. The third-order valence-corrected chi connectivity index (χ3v) is 3.08. The van der Waals surface area contributed by atoms with Gasteiger partial charge in [0.05, 0.1) is 4.92 Å². The number of phenolic OH excluding ortho intramolecular Hbond substituents is 1. The number of phenols is 1. The number of aromatic hydroxyl groups is 1. The van der Waals surface area contributed by atoms with Crippen molar-refractivity contribution in [2.45, 2.75) is 6.61 Å². The molecule has 2 rings (SSSR count). The van der Waals surface area contributed by atoms with Crippen LogP contribution in [0.2, 0.25) is 0 Å². The molecule has 2 aromatic rings. The number of alkyl carbamates (subject to hydrolysis) is 1. The lowest BCUT2D eigenvalue weighted by Gasteiger charge is -2.05. The van der Waals surface area contributed by atoms with Gasteiger partial charge >= 0.3 is 11.8 Å². The van der Waals surface area contributed by atoms with Gasteiger partial charge in [-0.2, -0.15) is 0 Å². The minimum Gasteiger partial charge on any atom is -0.502 e. The average Bonchev–Trinajstić information content (AvgIpc) is 2.59. The Hall–Kier alpha value is -3.35. The van der Waals surface area contributed by atoms with Crippen molar-refractivity contribution in [1.29, 1.82) is 0 Å². The first kappa shape index (κ1) is 17.0. The summed E-state index contributed by atoms with van der Waals surface area (Å²) in [5.74, 6) is -0.389. The third-order valence-electron chi connectivity index (χ3n) is 3.08. The van der Waals surface area contributed by atoms with Crippen molar-refractivity contribution in [3.8, 4) is 5.75 Å². The summed E-state index contributed by atoms with van der Waals surface area (Å²) in [5.41, 5.74) is 1.06. The molecular weight excluding hydrogens is 312 g/mol. The number of nitro benzene ring substituents is 1. The lowest BCUT2D eigenvalue weighted by atomic mass is 10.2. The Morgan fingerprint density at radius 3 is 2.71 bits per heavy atom. The minimum absolute atomic E-state index is 0.181. The van der Waals surface area contributed by atoms with Crippen molar-refractivity contribution < 1.29 is 19.6 Å². The lowest BCUT2D eigenvalue weighted by Crippen LogP contribution is -2.24. The SMILES string of the molecule is O=C(NCC=Cc1ccc(O)c([N+](=O)[O-])c1)OCc1ccccc1. The molecule has 0 radical (unpaired) electrons. The van der Waals surface area contributed by atoms with E-state index in [2.05, 4.69) is 5.32 Å². The summed E-state index contributed by atoms with van der Waals surface area (Å²) in [5, 5.41) is 22.6. The number of hydrogen-bond acceptors (Lipinski definition) is 5. The zero-order valence-corrected chi connectivity index (χ0v) is 12.7. The molecule has 0 unspecified atom stereocenters. The first-order valence-corrected chi connectivity index (χ1v) is 7.15. The van der Waals surface area contributed by atoms with Gasteiger partial charge in [-0.05, 0) is 17.2 Å². The van der Waals surface area contributed by atoms with Crippen molar-refractivity contribution in [1.82, 2.24) is 5.32 Å². The maximum atomic E-state index is 11.5. The number of rotatable bonds is 6. The number of ether oxygens (including phenoxy) is 1. The van der Waals surface area contributed by atoms with Crippen molar-refractivity contribution >= 4 is 17.9 Å². The molecule has 0 fully saturated rings. The van der Waals surface area contributed by atoms with E-state index in [1.807, 2.05) is 30.3 Å². The first-order chi connectivity index (χ1) is 11.6. The van der Waals surface area contributed by atoms with Gasteiger partial charge in [0.1, 0.15) is 6.61 Å². The highest BCUT2D eigenvalue weighted by atomic mass is 16.6. The maximum Gasteiger partial charge on any atom is 0.407 e. The zero-order valence-electron chi connectivity index (χ0n) is 12.7. The van der Waals surface area contributed by atoms with Crippen LogP contribution in [0.5, 0.6) is 5.75 Å². The van der Waals surface area contributed by atoms with E-state index in [1.165, 1.54) is 18.2 Å². The number of carbonyl (C=O) groups is 1. The van der Waals surface area contributed by atoms with E-state index >= 15 is 0 Å². The molecule has 0 heterocycles. The zero-order chi connectivity index (χ0) is 17.4. The van der Waals surface area contributed by atoms with Crippen molar-refractivity contribution in [3.63, 3.8) is 0 Å². The van der Waals surface area contributed by atoms with Crippen LogP contribution < -0.4 is 5.32 Å². The van der Waals surface area contributed by atoms with Crippen LogP contribution >= 0.6 is 0 Å². The molecular formula is C17H16N2O5. The molecule has 0 aliphatic rings. The first-order valence-electron chi connectivity index (χ1n) is 7.15. The van der Waals surface area contributed by atoms with Crippen molar-refractivity contribution in [2.24, 2.45) is 0 Å². The van der Waals surface area contributed by atoms with E-state index in [1.54, 1.807) is 12.2 Å². The van der Waals surface area contributed by atoms with Crippen LogP contribution in [0.15, 0.2) is 54.6 Å². The Kier molecular flexibility index (Phi) is 5.90. The van der Waals surface area contributed by atoms with Gasteiger partial charge in [-0.15, -0.1) is 0 Å². The average molecular weight is 328 g/mol. The molecule has 0 aliphatic heterocycles. The number of benzene rings is 2. The van der Waals surface area contributed by atoms with Crippen LogP contribution in [0.1, 0.15) is 11.1 Å². The summed E-state index contributed by atoms with van der Waals surface area (Å²) >= 11 is 0. The fourth-order valence-electron chi connectivity index (χ4n) is 1.90. The summed E-state index contributed by atoms with van der Waals surface area (Å²) < 4.78 is 5.04. The van der Waals surface area contributed by atoms with Gasteiger partial charge in [0.2, 0.25) is 0 Å². The quantitative estimate of drug-likeness (QED) is 0.626. The number of amides is 1. The molecule has 7 heteroatoms. The van der Waals surface area contributed by atoms with Gasteiger partial charge in [0.15, 0.2) is 5.75 Å². The number of carbonyl (C=O) groups excluding carboxylic acids is 1. The summed E-state index contributed by atoms with van der Waals surface area (Å²) in [6.07, 6.45) is 2.67. The lowest BCUT2D eigenvalue weighted by molar-refractivity contribution is -0.385. The molecule has 2 aromatic carbocycles. The van der Waals surface area contributed by atoms with Crippen molar-refractivity contribution in [2.75, 3.05) is 6.54 Å². The van der Waals surface area contributed by atoms with E-state index in [-0.39, 0.29) is 24.6 Å². The monoisotopic (exact) mass is 328 g/mol. The fourth-order valence-corrected chi connectivity index (χ4v) is 1.90. The topological polar surface area (TPSA) is 102 Å². The van der Waals surface area contributed by atoms with Gasteiger partial charge < -0.3 is 15.2 Å². The molecule has 0 bridgehead atoms. The van der Waals surface area contributed by atoms with Crippen LogP contribution in [-0.2, 0) is 11.3 Å². The highest BCUT2D eigenvalue weighted by Crippen LogP contribution is 2.26. The van der Waals surface area contributed by atoms with E-state index in [9.17, 15) is 20.0 Å². The third kappa shape index (κ3) is 5.13. The minimum atomic E-state index is -0.661. The Bertz CT molecular complexity index is 744. The van der Waals surface area contributed by atoms with Crippen molar-refractivity contribution in [3.05, 3.63) is 75.8 Å². The van der Waals surface area contributed by atoms with Crippen LogP contribution in [0.3, 0.4) is 0 Å². The second-order valence-corrected chi connectivity index (χ2v) is 4.85. The summed E-state index contributed by atoms with van der Waals surface area (Å²) in [4.78, 5) is 21.6. The largest absolute Gasteiger partial charge is 0.502 e. The fraction of sp³-hybridized carbons (Fsp3) is 0.118. The Morgan fingerprint density at radius 2 is 2.00 bits per heavy atom. The number of nitro groups is 1. The summed E-state index contributed by atoms with van der Waals surface area (Å²) in [7, 11) is 0. The van der Waals surface area contributed by atoms with E-state index < -0.39 is 11.0 Å². The Morgan fingerprint density at radius 1 is 1.25 bits per heavy atom. The van der Waals surface area contributed by atoms with Crippen LogP contribution in [-0.4, -0.2) is 22.7 Å². The highest BCUT2D eigenvalue weighted by molar-refractivity contribution is 5.67. The molecule has 124 valence electrons. The van der Waals surface area contributed by atoms with Gasteiger partial charge in [-0.3, -0.25) is 10.1 Å². The van der Waals surface area contributed by atoms with E-state index in [0.717, 1.165) is 5.56 Å². The van der Waals surface area contributed by atoms with Gasteiger partial charge in [-0.1, -0.05) is 48.6 Å². The molecule has 0 saturated heterocycles. The number of nitrogens with one attached hydrogen (secondary N) is 1. The van der Waals surface area contributed by atoms with Crippen LogP contribution in [0.25, 0.3) is 6.08 Å². The smallest absolute Gasteiger partial charge is 0.407 e. The Labute approximate surface area is 138 Å². The second-order valence-electron chi connectivity index (χ2n) is 4.85. The summed E-state index contributed by atoms with van der Waals surface area (Å²) in [6, 6.07) is 13.3. The van der Waals surface area contributed by atoms with Crippen LogP contribution in [0.4, 0.5) is 10.5 Å². The molecule has 0 atom stereocenters. The van der Waals surface area contributed by atoms with E-state index in [0.29, 0.717) is 5.56 Å². The number of nitrogens with zero attached hydrogens (tertiary/aromatic N) is 1. The van der Waals surface area contributed by atoms with Gasteiger partial charge in [0, 0.05) is 12.6 Å².